The predicted molar refractivity (Wildman–Crippen MR) is 84.7 cm³/mol. The molecule has 1 atom stereocenters. The molecule has 1 heterocycles. The second kappa shape index (κ2) is 7.96. The molecule has 1 rings (SSSR count). The molecule has 0 fully saturated rings. The maximum atomic E-state index is 12.6. The first kappa shape index (κ1) is 18.2. The van der Waals surface area contributed by atoms with Crippen LogP contribution in [-0.4, -0.2) is 32.9 Å². The van der Waals surface area contributed by atoms with Crippen LogP contribution in [0.3, 0.4) is 0 Å². The third-order valence-electron chi connectivity index (χ3n) is 3.60. The minimum absolute atomic E-state index is 0.279. The number of aryl methyl sites for hydroxylation is 1. The highest BCUT2D eigenvalue weighted by Gasteiger charge is 2.26. The minimum Gasteiger partial charge on any atom is -0.464 e. The Morgan fingerprint density at radius 2 is 2.05 bits per heavy atom. The molecule has 21 heavy (non-hydrogen) atoms. The Morgan fingerprint density at radius 3 is 2.62 bits per heavy atom. The molecule has 1 aromatic heterocycles. The van der Waals surface area contributed by atoms with Gasteiger partial charge in [0.1, 0.15) is 16.4 Å². The Labute approximate surface area is 128 Å². The van der Waals surface area contributed by atoms with E-state index in [0.717, 1.165) is 19.4 Å². The van der Waals surface area contributed by atoms with Crippen LogP contribution in [0.25, 0.3) is 0 Å². The Balaban J connectivity index is 2.87. The first-order valence-corrected chi connectivity index (χ1v) is 9.03. The summed E-state index contributed by atoms with van der Waals surface area (Å²) in [5.74, 6) is 1.46. The van der Waals surface area contributed by atoms with Gasteiger partial charge in [0.25, 0.3) is 0 Å². The summed E-state index contributed by atoms with van der Waals surface area (Å²) in [5.41, 5.74) is 0. The van der Waals surface area contributed by atoms with Crippen LogP contribution in [0, 0.1) is 12.8 Å². The summed E-state index contributed by atoms with van der Waals surface area (Å²) >= 11 is 0. The van der Waals surface area contributed by atoms with Gasteiger partial charge in [-0.25, -0.2) is 12.7 Å². The Bertz CT molecular complexity index is 537. The summed E-state index contributed by atoms with van der Waals surface area (Å²) in [4.78, 5) is 0.279. The lowest BCUT2D eigenvalue weighted by Crippen LogP contribution is -2.31. The van der Waals surface area contributed by atoms with Crippen LogP contribution in [0.15, 0.2) is 15.4 Å². The van der Waals surface area contributed by atoms with Gasteiger partial charge >= 0.3 is 0 Å². The van der Waals surface area contributed by atoms with Gasteiger partial charge in [-0.3, -0.25) is 0 Å². The molecule has 0 aromatic carbocycles. The van der Waals surface area contributed by atoms with E-state index in [-0.39, 0.29) is 4.90 Å². The number of furan rings is 1. The van der Waals surface area contributed by atoms with Crippen molar-refractivity contribution in [3.8, 4) is 0 Å². The highest BCUT2D eigenvalue weighted by atomic mass is 32.2. The summed E-state index contributed by atoms with van der Waals surface area (Å²) in [6, 6.07) is 1.64. The fourth-order valence-electron chi connectivity index (χ4n) is 2.09. The summed E-state index contributed by atoms with van der Waals surface area (Å²) in [6.07, 6.45) is 1.99. The van der Waals surface area contributed by atoms with E-state index in [1.165, 1.54) is 4.31 Å². The van der Waals surface area contributed by atoms with Gasteiger partial charge in [-0.1, -0.05) is 27.2 Å². The lowest BCUT2D eigenvalue weighted by molar-refractivity contribution is 0.392. The average Bonchev–Trinajstić information content (AvgIpc) is 2.80. The Kier molecular flexibility index (Phi) is 6.90. The molecule has 0 saturated heterocycles. The van der Waals surface area contributed by atoms with Crippen LogP contribution in [-0.2, 0) is 16.6 Å². The Morgan fingerprint density at radius 1 is 1.38 bits per heavy atom. The van der Waals surface area contributed by atoms with Crippen LogP contribution in [0.4, 0.5) is 0 Å². The molecule has 0 amide bonds. The molecular weight excluding hydrogens is 288 g/mol. The molecule has 1 N–H and O–H groups in total. The molecule has 0 spiro atoms. The maximum absolute atomic E-state index is 12.6. The summed E-state index contributed by atoms with van der Waals surface area (Å²) in [7, 11) is -1.84. The standard InChI is InChI=1S/C15H28N2O3S/c1-6-8-16-10-14-9-15(13(4)20-14)21(18,19)17(5)11-12(3)7-2/h9,12,16H,6-8,10-11H2,1-5H3. The molecule has 0 aliphatic rings. The molecule has 0 aliphatic carbocycles. The lowest BCUT2D eigenvalue weighted by Gasteiger charge is -2.19. The zero-order valence-electron chi connectivity index (χ0n) is 13.8. The second-order valence-electron chi connectivity index (χ2n) is 5.61. The number of nitrogens with one attached hydrogen (secondary N) is 1. The summed E-state index contributed by atoms with van der Waals surface area (Å²) < 4.78 is 32.2. The van der Waals surface area contributed by atoms with Crippen molar-refractivity contribution in [3.05, 3.63) is 17.6 Å². The molecule has 0 bridgehead atoms. The van der Waals surface area contributed by atoms with Crippen molar-refractivity contribution >= 4 is 10.0 Å². The number of nitrogens with zero attached hydrogens (tertiary/aromatic N) is 1. The topological polar surface area (TPSA) is 62.6 Å². The normalized spacial score (nSPS) is 13.8. The fourth-order valence-corrected chi connectivity index (χ4v) is 3.56. The number of hydrogen-bond acceptors (Lipinski definition) is 4. The molecule has 5 nitrogen and oxygen atoms in total. The minimum atomic E-state index is -3.47. The molecule has 0 saturated carbocycles. The van der Waals surface area contributed by atoms with E-state index in [1.54, 1.807) is 20.0 Å². The van der Waals surface area contributed by atoms with Crippen LogP contribution in [0.5, 0.6) is 0 Å². The number of rotatable bonds is 9. The summed E-state index contributed by atoms with van der Waals surface area (Å²) in [6.45, 7) is 9.86. The van der Waals surface area contributed by atoms with Crippen molar-refractivity contribution in [1.29, 1.82) is 0 Å². The predicted octanol–water partition coefficient (Wildman–Crippen LogP) is 2.75. The van der Waals surface area contributed by atoms with E-state index in [9.17, 15) is 8.42 Å². The first-order chi connectivity index (χ1) is 9.82. The number of hydrogen-bond donors (Lipinski definition) is 1. The Hall–Kier alpha value is -0.850. The molecule has 1 unspecified atom stereocenters. The van der Waals surface area contributed by atoms with E-state index < -0.39 is 10.0 Å². The van der Waals surface area contributed by atoms with Gasteiger partial charge in [0, 0.05) is 19.7 Å². The van der Waals surface area contributed by atoms with Gasteiger partial charge in [-0.2, -0.15) is 0 Å². The van der Waals surface area contributed by atoms with E-state index >= 15 is 0 Å². The van der Waals surface area contributed by atoms with Crippen molar-refractivity contribution < 1.29 is 12.8 Å². The van der Waals surface area contributed by atoms with Crippen molar-refractivity contribution in [2.24, 2.45) is 5.92 Å². The van der Waals surface area contributed by atoms with Crippen molar-refractivity contribution in [2.75, 3.05) is 20.1 Å². The van der Waals surface area contributed by atoms with E-state index in [4.69, 9.17) is 4.42 Å². The quantitative estimate of drug-likeness (QED) is 0.712. The number of sulfonamides is 1. The monoisotopic (exact) mass is 316 g/mol. The van der Waals surface area contributed by atoms with Crippen molar-refractivity contribution in [2.45, 2.75) is 52.0 Å². The summed E-state index contributed by atoms with van der Waals surface area (Å²) in [5, 5.41) is 3.21. The zero-order chi connectivity index (χ0) is 16.0. The molecule has 122 valence electrons. The van der Waals surface area contributed by atoms with Gasteiger partial charge in [-0.05, 0) is 25.8 Å². The second-order valence-corrected chi connectivity index (χ2v) is 7.62. The molecule has 1 aromatic rings. The third-order valence-corrected chi connectivity index (χ3v) is 5.53. The maximum Gasteiger partial charge on any atom is 0.246 e. The molecular formula is C15H28N2O3S. The van der Waals surface area contributed by atoms with Gasteiger partial charge < -0.3 is 9.73 Å². The van der Waals surface area contributed by atoms with Crippen LogP contribution in [0.2, 0.25) is 0 Å². The van der Waals surface area contributed by atoms with Crippen LogP contribution >= 0.6 is 0 Å². The van der Waals surface area contributed by atoms with Crippen molar-refractivity contribution in [1.82, 2.24) is 9.62 Å². The first-order valence-electron chi connectivity index (χ1n) is 7.59. The van der Waals surface area contributed by atoms with E-state index in [2.05, 4.69) is 19.2 Å². The SMILES string of the molecule is CCCNCc1cc(S(=O)(=O)N(C)CC(C)CC)c(C)o1. The average molecular weight is 316 g/mol. The lowest BCUT2D eigenvalue weighted by atomic mass is 10.1. The van der Waals surface area contributed by atoms with E-state index in [0.29, 0.717) is 30.5 Å². The smallest absolute Gasteiger partial charge is 0.246 e. The molecule has 6 heteroatoms. The molecule has 0 radical (unpaired) electrons. The van der Waals surface area contributed by atoms with Crippen LogP contribution < -0.4 is 5.32 Å². The van der Waals surface area contributed by atoms with E-state index in [1.807, 2.05) is 6.92 Å². The van der Waals surface area contributed by atoms with Gasteiger partial charge in [0.2, 0.25) is 10.0 Å². The van der Waals surface area contributed by atoms with Gasteiger partial charge in [0.15, 0.2) is 0 Å². The highest BCUT2D eigenvalue weighted by molar-refractivity contribution is 7.89. The largest absolute Gasteiger partial charge is 0.464 e. The molecule has 0 aliphatic heterocycles. The van der Waals surface area contributed by atoms with Crippen LogP contribution in [0.1, 0.15) is 45.1 Å². The fraction of sp³-hybridized carbons (Fsp3) is 0.733. The van der Waals surface area contributed by atoms with Gasteiger partial charge in [-0.15, -0.1) is 0 Å². The highest BCUT2D eigenvalue weighted by Crippen LogP contribution is 2.23. The third kappa shape index (κ3) is 4.83. The zero-order valence-corrected chi connectivity index (χ0v) is 14.6. The van der Waals surface area contributed by atoms with Crippen molar-refractivity contribution in [3.63, 3.8) is 0 Å². The van der Waals surface area contributed by atoms with Gasteiger partial charge in [0.05, 0.1) is 6.54 Å².